The molecule has 26 heavy (non-hydrogen) atoms. The van der Waals surface area contributed by atoms with E-state index >= 15 is 0 Å². The lowest BCUT2D eigenvalue weighted by molar-refractivity contribution is -0.119. The Morgan fingerprint density at radius 1 is 0.962 bits per heavy atom. The second kappa shape index (κ2) is 7.37. The van der Waals surface area contributed by atoms with Crippen LogP contribution in [-0.2, 0) is 14.8 Å². The molecule has 0 aromatic heterocycles. The molecule has 2 aromatic carbocycles. The Hall–Kier alpha value is -2.54. The van der Waals surface area contributed by atoms with E-state index in [2.05, 4.69) is 4.72 Å². The van der Waals surface area contributed by atoms with Gasteiger partial charge in [0.05, 0.1) is 4.90 Å². The third-order valence-corrected chi connectivity index (χ3v) is 5.82. The maximum Gasteiger partial charge on any atom is 0.261 e. The molecule has 138 valence electrons. The zero-order valence-corrected chi connectivity index (χ0v) is 15.8. The quantitative estimate of drug-likeness (QED) is 0.874. The van der Waals surface area contributed by atoms with Gasteiger partial charge in [0.25, 0.3) is 10.0 Å². The fraction of sp³-hybridized carbons (Fsp3) is 0.316. The first kappa shape index (κ1) is 18.3. The van der Waals surface area contributed by atoms with Gasteiger partial charge in [-0.15, -0.1) is 0 Å². The van der Waals surface area contributed by atoms with Crippen LogP contribution in [0, 0.1) is 0 Å². The number of sulfonamides is 1. The minimum Gasteiger partial charge on any atom is -0.378 e. The summed E-state index contributed by atoms with van der Waals surface area (Å²) in [7, 11) is 0.174. The number of nitrogens with zero attached hydrogens (tertiary/aromatic N) is 2. The fourth-order valence-corrected chi connectivity index (χ4v) is 3.98. The lowest BCUT2D eigenvalue weighted by atomic mass is 10.1. The van der Waals surface area contributed by atoms with Crippen LogP contribution in [0.15, 0.2) is 53.4 Å². The molecule has 3 rings (SSSR count). The number of hydrogen-bond acceptors (Lipinski definition) is 4. The molecule has 6 nitrogen and oxygen atoms in total. The van der Waals surface area contributed by atoms with Crippen molar-refractivity contribution in [3.8, 4) is 0 Å². The van der Waals surface area contributed by atoms with Crippen LogP contribution in [0.1, 0.15) is 19.3 Å². The van der Waals surface area contributed by atoms with Crippen molar-refractivity contribution in [1.29, 1.82) is 0 Å². The van der Waals surface area contributed by atoms with Crippen LogP contribution in [0.5, 0.6) is 0 Å². The van der Waals surface area contributed by atoms with Gasteiger partial charge in [0, 0.05) is 44.1 Å². The Balaban J connectivity index is 1.75. The zero-order chi connectivity index (χ0) is 18.7. The molecule has 0 aliphatic carbocycles. The molecule has 1 N–H and O–H groups in total. The highest BCUT2D eigenvalue weighted by atomic mass is 32.2. The number of piperidine rings is 1. The van der Waals surface area contributed by atoms with E-state index in [1.807, 2.05) is 31.1 Å². The van der Waals surface area contributed by atoms with Gasteiger partial charge in [-0.05, 0) is 61.4 Å². The van der Waals surface area contributed by atoms with Crippen molar-refractivity contribution in [2.45, 2.75) is 24.2 Å². The van der Waals surface area contributed by atoms with Gasteiger partial charge < -0.3 is 9.80 Å². The van der Waals surface area contributed by atoms with E-state index in [0.29, 0.717) is 18.7 Å². The molecule has 1 aliphatic heterocycles. The van der Waals surface area contributed by atoms with Crippen molar-refractivity contribution in [2.24, 2.45) is 0 Å². The van der Waals surface area contributed by atoms with Crippen molar-refractivity contribution in [3.05, 3.63) is 48.5 Å². The summed E-state index contributed by atoms with van der Waals surface area (Å²) in [5, 5.41) is 0. The Morgan fingerprint density at radius 2 is 1.62 bits per heavy atom. The summed E-state index contributed by atoms with van der Waals surface area (Å²) in [6.45, 7) is 0.682. The van der Waals surface area contributed by atoms with E-state index in [9.17, 15) is 13.2 Å². The summed E-state index contributed by atoms with van der Waals surface area (Å²) < 4.78 is 27.7. The number of carbonyl (C=O) groups is 1. The van der Waals surface area contributed by atoms with Gasteiger partial charge in [-0.1, -0.05) is 0 Å². The van der Waals surface area contributed by atoms with Crippen LogP contribution >= 0.6 is 0 Å². The van der Waals surface area contributed by atoms with Gasteiger partial charge in [-0.25, -0.2) is 8.42 Å². The van der Waals surface area contributed by atoms with Gasteiger partial charge in [0.1, 0.15) is 0 Å². The first-order valence-corrected chi connectivity index (χ1v) is 10.1. The predicted octanol–water partition coefficient (Wildman–Crippen LogP) is 3.07. The number of hydrogen-bond donors (Lipinski definition) is 1. The van der Waals surface area contributed by atoms with Crippen LogP contribution in [-0.4, -0.2) is 35.0 Å². The molecule has 0 atom stereocenters. The van der Waals surface area contributed by atoms with Crippen LogP contribution in [0.25, 0.3) is 0 Å². The average Bonchev–Trinajstić information content (AvgIpc) is 2.62. The summed E-state index contributed by atoms with van der Waals surface area (Å²) in [5.74, 6) is 0.0889. The molecular formula is C19H23N3O3S. The lowest BCUT2D eigenvalue weighted by Gasteiger charge is -2.26. The van der Waals surface area contributed by atoms with Crippen LogP contribution in [0.2, 0.25) is 0 Å². The minimum absolute atomic E-state index is 0.0889. The van der Waals surface area contributed by atoms with E-state index in [1.54, 1.807) is 29.2 Å². The van der Waals surface area contributed by atoms with Gasteiger partial charge >= 0.3 is 0 Å². The van der Waals surface area contributed by atoms with Crippen molar-refractivity contribution in [2.75, 3.05) is 35.2 Å². The highest BCUT2D eigenvalue weighted by Gasteiger charge is 2.20. The maximum atomic E-state index is 12.6. The highest BCUT2D eigenvalue weighted by Crippen LogP contribution is 2.24. The summed E-state index contributed by atoms with van der Waals surface area (Å²) >= 11 is 0. The molecule has 7 heteroatoms. The third kappa shape index (κ3) is 3.99. The van der Waals surface area contributed by atoms with Gasteiger partial charge in [-0.2, -0.15) is 0 Å². The lowest BCUT2D eigenvalue weighted by Crippen LogP contribution is -2.35. The fourth-order valence-electron chi connectivity index (χ4n) is 2.93. The van der Waals surface area contributed by atoms with Gasteiger partial charge in [0.15, 0.2) is 0 Å². The molecule has 0 bridgehead atoms. The van der Waals surface area contributed by atoms with Crippen molar-refractivity contribution >= 4 is 33.0 Å². The molecule has 0 spiro atoms. The van der Waals surface area contributed by atoms with E-state index in [-0.39, 0.29) is 10.8 Å². The Bertz CT molecular complexity index is 875. The summed E-state index contributed by atoms with van der Waals surface area (Å²) in [6, 6.07) is 13.6. The maximum absolute atomic E-state index is 12.6. The smallest absolute Gasteiger partial charge is 0.261 e. The number of rotatable bonds is 5. The van der Waals surface area contributed by atoms with Crippen molar-refractivity contribution in [1.82, 2.24) is 0 Å². The summed E-state index contributed by atoms with van der Waals surface area (Å²) in [6.07, 6.45) is 2.43. The number of amides is 1. The van der Waals surface area contributed by atoms with E-state index in [0.717, 1.165) is 24.2 Å². The van der Waals surface area contributed by atoms with E-state index in [1.165, 1.54) is 12.1 Å². The molecule has 1 saturated heterocycles. The Kier molecular flexibility index (Phi) is 5.18. The van der Waals surface area contributed by atoms with Crippen molar-refractivity contribution in [3.63, 3.8) is 0 Å². The normalized spacial score (nSPS) is 15.0. The standard InChI is InChI=1S/C19H23N3O3S/c1-21(2)16-8-6-15(7-9-16)20-26(24,25)18-12-10-17(11-13-18)22-14-4-3-5-19(22)23/h6-13,20H,3-5,14H2,1-2H3. The van der Waals surface area contributed by atoms with Crippen LogP contribution in [0.4, 0.5) is 17.1 Å². The molecule has 0 radical (unpaired) electrons. The summed E-state index contributed by atoms with van der Waals surface area (Å²) in [4.78, 5) is 15.8. The topological polar surface area (TPSA) is 69.7 Å². The Morgan fingerprint density at radius 3 is 2.19 bits per heavy atom. The van der Waals surface area contributed by atoms with E-state index < -0.39 is 10.0 Å². The number of carbonyl (C=O) groups excluding carboxylic acids is 1. The number of benzene rings is 2. The molecular weight excluding hydrogens is 350 g/mol. The molecule has 0 saturated carbocycles. The molecule has 0 unspecified atom stereocenters. The van der Waals surface area contributed by atoms with Crippen LogP contribution in [0.3, 0.4) is 0 Å². The molecule has 1 heterocycles. The zero-order valence-electron chi connectivity index (χ0n) is 15.0. The van der Waals surface area contributed by atoms with E-state index in [4.69, 9.17) is 0 Å². The van der Waals surface area contributed by atoms with Crippen molar-refractivity contribution < 1.29 is 13.2 Å². The molecule has 1 amide bonds. The molecule has 2 aromatic rings. The molecule has 1 fully saturated rings. The average molecular weight is 373 g/mol. The van der Waals surface area contributed by atoms with Gasteiger partial charge in [-0.3, -0.25) is 9.52 Å². The first-order chi connectivity index (χ1) is 12.4. The number of anilines is 3. The largest absolute Gasteiger partial charge is 0.378 e. The third-order valence-electron chi connectivity index (χ3n) is 4.42. The van der Waals surface area contributed by atoms with Gasteiger partial charge in [0.2, 0.25) is 5.91 Å². The number of nitrogens with one attached hydrogen (secondary N) is 1. The first-order valence-electron chi connectivity index (χ1n) is 8.57. The predicted molar refractivity (Wildman–Crippen MR) is 104 cm³/mol. The SMILES string of the molecule is CN(C)c1ccc(NS(=O)(=O)c2ccc(N3CCCCC3=O)cc2)cc1. The highest BCUT2D eigenvalue weighted by molar-refractivity contribution is 7.92. The second-order valence-electron chi connectivity index (χ2n) is 6.54. The second-order valence-corrected chi connectivity index (χ2v) is 8.23. The molecule has 1 aliphatic rings. The Labute approximate surface area is 154 Å². The van der Waals surface area contributed by atoms with Crippen LogP contribution < -0.4 is 14.5 Å². The summed E-state index contributed by atoms with van der Waals surface area (Å²) in [5.41, 5.74) is 2.23. The minimum atomic E-state index is -3.67. The monoisotopic (exact) mass is 373 g/mol.